The van der Waals surface area contributed by atoms with Crippen LogP contribution in [0.25, 0.3) is 0 Å². The summed E-state index contributed by atoms with van der Waals surface area (Å²) in [5.74, 6) is -0.122. The first kappa shape index (κ1) is 11.8. The highest BCUT2D eigenvalue weighted by atomic mass is 16.2. The van der Waals surface area contributed by atoms with Crippen molar-refractivity contribution in [3.63, 3.8) is 0 Å². The molecule has 15 heavy (non-hydrogen) atoms. The maximum atomic E-state index is 11.5. The number of hydrogen-bond donors (Lipinski definition) is 2. The van der Waals surface area contributed by atoms with Crippen molar-refractivity contribution < 1.29 is 9.59 Å². The highest BCUT2D eigenvalue weighted by Gasteiger charge is 2.21. The van der Waals surface area contributed by atoms with Crippen LogP contribution in [0.5, 0.6) is 0 Å². The predicted octanol–water partition coefficient (Wildman–Crippen LogP) is 0.316. The number of hydrogen-bond acceptors (Lipinski definition) is 2. The zero-order valence-corrected chi connectivity index (χ0v) is 9.38. The molecule has 0 aromatic carbocycles. The first-order valence-corrected chi connectivity index (χ1v) is 5.41. The van der Waals surface area contributed by atoms with E-state index in [2.05, 4.69) is 10.6 Å². The van der Waals surface area contributed by atoms with E-state index >= 15 is 0 Å². The molecule has 0 aliphatic heterocycles. The fraction of sp³-hybridized carbons (Fsp3) is 0.800. The molecule has 0 atom stereocenters. The molecule has 3 amide bonds. The van der Waals surface area contributed by atoms with Crippen molar-refractivity contribution in [3.8, 4) is 0 Å². The number of carbonyl (C=O) groups is 2. The SMILES string of the molecule is CCNC(=O)CN(C)C(=O)NC1CCC1. The second-order valence-electron chi connectivity index (χ2n) is 3.89. The molecular formula is C10H19N3O2. The van der Waals surface area contributed by atoms with Gasteiger partial charge in [0.1, 0.15) is 6.54 Å². The van der Waals surface area contributed by atoms with E-state index in [0.717, 1.165) is 12.8 Å². The molecule has 1 aliphatic carbocycles. The van der Waals surface area contributed by atoms with Crippen LogP contribution >= 0.6 is 0 Å². The van der Waals surface area contributed by atoms with Crippen LogP contribution in [0.3, 0.4) is 0 Å². The molecule has 1 saturated carbocycles. The summed E-state index contributed by atoms with van der Waals surface area (Å²) >= 11 is 0. The van der Waals surface area contributed by atoms with Crippen LogP contribution in [0.4, 0.5) is 4.79 Å². The quantitative estimate of drug-likeness (QED) is 0.706. The van der Waals surface area contributed by atoms with Gasteiger partial charge in [0.25, 0.3) is 0 Å². The highest BCUT2D eigenvalue weighted by molar-refractivity contribution is 5.83. The number of nitrogens with one attached hydrogen (secondary N) is 2. The van der Waals surface area contributed by atoms with Gasteiger partial charge in [0.15, 0.2) is 0 Å². The van der Waals surface area contributed by atoms with Gasteiger partial charge < -0.3 is 15.5 Å². The minimum Gasteiger partial charge on any atom is -0.355 e. The lowest BCUT2D eigenvalue weighted by atomic mass is 9.93. The van der Waals surface area contributed by atoms with Gasteiger partial charge in [0, 0.05) is 19.6 Å². The lowest BCUT2D eigenvalue weighted by molar-refractivity contribution is -0.121. The molecule has 1 fully saturated rings. The Morgan fingerprint density at radius 1 is 1.40 bits per heavy atom. The summed E-state index contributed by atoms with van der Waals surface area (Å²) in [6.07, 6.45) is 3.30. The average Bonchev–Trinajstić information content (AvgIpc) is 2.11. The van der Waals surface area contributed by atoms with Crippen LogP contribution in [-0.4, -0.2) is 43.0 Å². The van der Waals surface area contributed by atoms with E-state index in [4.69, 9.17) is 0 Å². The fourth-order valence-electron chi connectivity index (χ4n) is 1.38. The van der Waals surface area contributed by atoms with Gasteiger partial charge in [0.2, 0.25) is 5.91 Å². The zero-order valence-electron chi connectivity index (χ0n) is 9.38. The van der Waals surface area contributed by atoms with Gasteiger partial charge in [-0.2, -0.15) is 0 Å². The second-order valence-corrected chi connectivity index (χ2v) is 3.89. The van der Waals surface area contributed by atoms with Gasteiger partial charge in [-0.25, -0.2) is 4.79 Å². The van der Waals surface area contributed by atoms with Gasteiger partial charge in [-0.15, -0.1) is 0 Å². The normalized spacial score (nSPS) is 15.3. The largest absolute Gasteiger partial charge is 0.355 e. The molecule has 5 heteroatoms. The summed E-state index contributed by atoms with van der Waals surface area (Å²) in [5.41, 5.74) is 0. The van der Waals surface area contributed by atoms with E-state index < -0.39 is 0 Å². The third-order valence-electron chi connectivity index (χ3n) is 2.53. The van der Waals surface area contributed by atoms with Crippen LogP contribution in [-0.2, 0) is 4.79 Å². The number of urea groups is 1. The Hall–Kier alpha value is -1.26. The molecule has 0 spiro atoms. The number of rotatable bonds is 4. The summed E-state index contributed by atoms with van der Waals surface area (Å²) in [6, 6.07) is 0.153. The Labute approximate surface area is 90.2 Å². The van der Waals surface area contributed by atoms with Crippen molar-refractivity contribution in [1.29, 1.82) is 0 Å². The highest BCUT2D eigenvalue weighted by Crippen LogP contribution is 2.17. The second kappa shape index (κ2) is 5.58. The van der Waals surface area contributed by atoms with Crippen LogP contribution in [0.1, 0.15) is 26.2 Å². The van der Waals surface area contributed by atoms with Gasteiger partial charge >= 0.3 is 6.03 Å². The molecule has 0 aromatic rings. The monoisotopic (exact) mass is 213 g/mol. The van der Waals surface area contributed by atoms with E-state index in [-0.39, 0.29) is 18.5 Å². The molecule has 1 rings (SSSR count). The van der Waals surface area contributed by atoms with Gasteiger partial charge in [0.05, 0.1) is 0 Å². The minimum atomic E-state index is -0.161. The molecule has 5 nitrogen and oxygen atoms in total. The number of amides is 3. The lowest BCUT2D eigenvalue weighted by Crippen LogP contribution is -2.48. The van der Waals surface area contributed by atoms with Crippen molar-refractivity contribution in [2.45, 2.75) is 32.2 Å². The number of nitrogens with zero attached hydrogens (tertiary/aromatic N) is 1. The average molecular weight is 213 g/mol. The van der Waals surface area contributed by atoms with Crippen LogP contribution in [0, 0.1) is 0 Å². The number of carbonyl (C=O) groups excluding carboxylic acids is 2. The van der Waals surface area contributed by atoms with E-state index in [9.17, 15) is 9.59 Å². The first-order chi connectivity index (χ1) is 7.13. The first-order valence-electron chi connectivity index (χ1n) is 5.41. The summed E-state index contributed by atoms with van der Waals surface area (Å²) in [4.78, 5) is 24.1. The summed E-state index contributed by atoms with van der Waals surface area (Å²) in [5, 5.41) is 5.52. The maximum absolute atomic E-state index is 11.5. The molecule has 86 valence electrons. The molecule has 0 bridgehead atoms. The molecule has 1 aliphatic rings. The van der Waals surface area contributed by atoms with Gasteiger partial charge in [-0.05, 0) is 26.2 Å². The van der Waals surface area contributed by atoms with Crippen LogP contribution < -0.4 is 10.6 Å². The Morgan fingerprint density at radius 2 is 2.07 bits per heavy atom. The molecule has 2 N–H and O–H groups in total. The van der Waals surface area contributed by atoms with Gasteiger partial charge in [-0.3, -0.25) is 4.79 Å². The number of likely N-dealkylation sites (N-methyl/N-ethyl adjacent to an activating group) is 2. The molecule has 0 unspecified atom stereocenters. The van der Waals surface area contributed by atoms with E-state index in [1.807, 2.05) is 6.92 Å². The van der Waals surface area contributed by atoms with E-state index in [1.54, 1.807) is 7.05 Å². The van der Waals surface area contributed by atoms with Crippen LogP contribution in [0.2, 0.25) is 0 Å². The zero-order chi connectivity index (χ0) is 11.3. The third-order valence-corrected chi connectivity index (χ3v) is 2.53. The summed E-state index contributed by atoms with van der Waals surface area (Å²) in [6.45, 7) is 2.57. The van der Waals surface area contributed by atoms with Crippen molar-refractivity contribution in [1.82, 2.24) is 15.5 Å². The van der Waals surface area contributed by atoms with Gasteiger partial charge in [-0.1, -0.05) is 0 Å². The van der Waals surface area contributed by atoms with Crippen molar-refractivity contribution in [2.24, 2.45) is 0 Å². The Morgan fingerprint density at radius 3 is 2.53 bits per heavy atom. The maximum Gasteiger partial charge on any atom is 0.317 e. The Balaban J connectivity index is 2.22. The summed E-state index contributed by atoms with van der Waals surface area (Å²) in [7, 11) is 1.63. The lowest BCUT2D eigenvalue weighted by Gasteiger charge is -2.28. The van der Waals surface area contributed by atoms with Crippen molar-refractivity contribution >= 4 is 11.9 Å². The topological polar surface area (TPSA) is 61.4 Å². The standard InChI is InChI=1S/C10H19N3O2/c1-3-11-9(14)7-13(2)10(15)12-8-5-4-6-8/h8H,3-7H2,1-2H3,(H,11,14)(H,12,15). The van der Waals surface area contributed by atoms with Crippen molar-refractivity contribution in [2.75, 3.05) is 20.1 Å². The summed E-state index contributed by atoms with van der Waals surface area (Å²) < 4.78 is 0. The fourth-order valence-corrected chi connectivity index (χ4v) is 1.38. The Kier molecular flexibility index (Phi) is 4.39. The minimum absolute atomic E-state index is 0.117. The molecule has 0 radical (unpaired) electrons. The predicted molar refractivity (Wildman–Crippen MR) is 57.5 cm³/mol. The Bertz CT molecular complexity index is 239. The molecular weight excluding hydrogens is 194 g/mol. The van der Waals surface area contributed by atoms with E-state index in [0.29, 0.717) is 12.6 Å². The van der Waals surface area contributed by atoms with E-state index in [1.165, 1.54) is 11.3 Å². The van der Waals surface area contributed by atoms with Crippen molar-refractivity contribution in [3.05, 3.63) is 0 Å². The van der Waals surface area contributed by atoms with Crippen LogP contribution in [0.15, 0.2) is 0 Å². The molecule has 0 saturated heterocycles. The smallest absolute Gasteiger partial charge is 0.317 e. The third kappa shape index (κ3) is 3.77. The molecule has 0 aromatic heterocycles. The molecule has 0 heterocycles.